The molecule has 0 bridgehead atoms. The lowest BCUT2D eigenvalue weighted by molar-refractivity contribution is -0.138. The number of aliphatic carboxylic acids is 1. The van der Waals surface area contributed by atoms with Crippen molar-refractivity contribution in [2.75, 3.05) is 0 Å². The van der Waals surface area contributed by atoms with E-state index in [2.05, 4.69) is 22.6 Å². The first kappa shape index (κ1) is 34.8. The van der Waals surface area contributed by atoms with Crippen LogP contribution >= 0.6 is 24.0 Å². The van der Waals surface area contributed by atoms with Gasteiger partial charge < -0.3 is 26.4 Å². The van der Waals surface area contributed by atoms with E-state index in [1.54, 1.807) is 26.0 Å². The molecule has 4 rings (SSSR count). The first-order valence-electron chi connectivity index (χ1n) is 13.8. The van der Waals surface area contributed by atoms with Gasteiger partial charge >= 0.3 is 5.97 Å². The van der Waals surface area contributed by atoms with Gasteiger partial charge in [0.2, 0.25) is 5.91 Å². The summed E-state index contributed by atoms with van der Waals surface area (Å²) in [6.07, 6.45) is 4.77. The zero-order chi connectivity index (χ0) is 29.8. The molecule has 6 N–H and O–H groups in total. The molecule has 0 saturated carbocycles. The molecule has 8 nitrogen and oxygen atoms in total. The van der Waals surface area contributed by atoms with E-state index >= 15 is 0 Å². The fourth-order valence-corrected chi connectivity index (χ4v) is 4.41. The van der Waals surface area contributed by atoms with Gasteiger partial charge in [0.1, 0.15) is 11.7 Å². The van der Waals surface area contributed by atoms with Crippen molar-refractivity contribution in [3.63, 3.8) is 0 Å². The second-order valence-electron chi connectivity index (χ2n) is 10.7. The van der Waals surface area contributed by atoms with Gasteiger partial charge in [0.05, 0.1) is 11.6 Å². The Morgan fingerprint density at radius 2 is 1.50 bits per heavy atom. The highest BCUT2D eigenvalue weighted by atomic mass is 35.5. The van der Waals surface area contributed by atoms with Crippen molar-refractivity contribution in [2.45, 2.75) is 70.0 Å². The van der Waals surface area contributed by atoms with Crippen LogP contribution in [-0.2, 0) is 22.4 Å². The third-order valence-electron chi connectivity index (χ3n) is 6.62. The normalized spacial score (nSPS) is 12.4. The number of hydrogen-bond donors (Lipinski definition) is 4. The van der Waals surface area contributed by atoms with Gasteiger partial charge in [0.15, 0.2) is 5.58 Å². The molecule has 0 radical (unpaired) electrons. The van der Waals surface area contributed by atoms with Crippen LogP contribution in [0.5, 0.6) is 0 Å². The quantitative estimate of drug-likeness (QED) is 0.148. The fourth-order valence-electron chi connectivity index (χ4n) is 4.25. The lowest BCUT2D eigenvalue weighted by Crippen LogP contribution is -2.50. The summed E-state index contributed by atoms with van der Waals surface area (Å²) in [6.45, 7) is 3.37. The minimum Gasteiger partial charge on any atom is -0.480 e. The topological polar surface area (TPSA) is 144 Å². The molecule has 2 unspecified atom stereocenters. The van der Waals surface area contributed by atoms with Crippen molar-refractivity contribution in [1.29, 1.82) is 0 Å². The number of carbonyl (C=O) groups is 2. The number of aryl methyl sites for hydroxylation is 2. The maximum absolute atomic E-state index is 12.5. The summed E-state index contributed by atoms with van der Waals surface area (Å²) in [5.74, 6) is -1.14. The van der Waals surface area contributed by atoms with Crippen LogP contribution in [0.1, 0.15) is 62.4 Å². The Hall–Kier alpha value is -3.43. The molecule has 1 aromatic heterocycles. The van der Waals surface area contributed by atoms with E-state index < -0.39 is 17.6 Å². The van der Waals surface area contributed by atoms with Crippen molar-refractivity contribution in [3.05, 3.63) is 101 Å². The molecule has 0 aliphatic rings. The largest absolute Gasteiger partial charge is 0.480 e. The van der Waals surface area contributed by atoms with Crippen LogP contribution in [0.2, 0.25) is 5.02 Å². The molecule has 3 aromatic carbocycles. The Balaban J connectivity index is 0.000000349. The Morgan fingerprint density at radius 3 is 2.02 bits per heavy atom. The smallest absolute Gasteiger partial charge is 0.320 e. The van der Waals surface area contributed by atoms with Crippen LogP contribution in [0.3, 0.4) is 0 Å². The Morgan fingerprint density at radius 1 is 0.952 bits per heavy atom. The molecular formula is C32H40Cl2N4O4. The van der Waals surface area contributed by atoms with Crippen molar-refractivity contribution in [1.82, 2.24) is 10.5 Å². The second kappa shape index (κ2) is 16.9. The average molecular weight is 616 g/mol. The maximum Gasteiger partial charge on any atom is 0.320 e. The summed E-state index contributed by atoms with van der Waals surface area (Å²) in [4.78, 5) is 22.9. The van der Waals surface area contributed by atoms with Crippen LogP contribution in [-0.4, -0.2) is 33.7 Å². The van der Waals surface area contributed by atoms with Gasteiger partial charge in [-0.15, -0.1) is 12.4 Å². The van der Waals surface area contributed by atoms with E-state index in [0.717, 1.165) is 37.5 Å². The van der Waals surface area contributed by atoms with Gasteiger partial charge in [0.25, 0.3) is 0 Å². The number of nitrogens with two attached hydrogens (primary N) is 2. The first-order chi connectivity index (χ1) is 19.5. The molecule has 1 heterocycles. The van der Waals surface area contributed by atoms with Crippen LogP contribution in [0.15, 0.2) is 83.4 Å². The molecule has 0 spiro atoms. The van der Waals surface area contributed by atoms with Gasteiger partial charge in [-0.1, -0.05) is 77.4 Å². The van der Waals surface area contributed by atoms with Gasteiger partial charge in [-0.3, -0.25) is 9.59 Å². The summed E-state index contributed by atoms with van der Waals surface area (Å²) < 4.78 is 5.43. The third-order valence-corrected chi connectivity index (χ3v) is 6.86. The number of rotatable bonds is 12. The predicted octanol–water partition coefficient (Wildman–Crippen LogP) is 6.24. The lowest BCUT2D eigenvalue weighted by Gasteiger charge is -2.23. The van der Waals surface area contributed by atoms with Gasteiger partial charge in [0, 0.05) is 16.5 Å². The van der Waals surface area contributed by atoms with Crippen molar-refractivity contribution >= 4 is 46.9 Å². The summed E-state index contributed by atoms with van der Waals surface area (Å²) in [7, 11) is 0. The molecule has 4 aromatic rings. The maximum atomic E-state index is 12.5. The molecule has 0 fully saturated rings. The number of halogens is 2. The standard InChI is InChI=1S/C21H24ClN3O2.C11H15NO2.ClH/c1-21(2,23)20(26)24-17(10-6-9-14-7-4-3-5-8-14)19-16-12-11-15(22)13-18(16)27-25-19;12-10(11(13)14)8-4-7-9-5-2-1-3-6-9;/h3-5,7-8,11-13,17H,6,9-10,23H2,1-2H3,(H,24,26);1-3,5-6,10H,4,7-8,12H2,(H,13,14);1H. The van der Waals surface area contributed by atoms with Gasteiger partial charge in [-0.05, 0) is 75.6 Å². The van der Waals surface area contributed by atoms with Crippen LogP contribution in [0, 0.1) is 0 Å². The lowest BCUT2D eigenvalue weighted by atomic mass is 9.99. The zero-order valence-corrected chi connectivity index (χ0v) is 25.5. The summed E-state index contributed by atoms with van der Waals surface area (Å²) in [6, 6.07) is 24.6. The highest BCUT2D eigenvalue weighted by molar-refractivity contribution is 6.31. The minimum absolute atomic E-state index is 0. The van der Waals surface area contributed by atoms with Gasteiger partial charge in [-0.2, -0.15) is 0 Å². The fraction of sp³-hybridized carbons (Fsp3) is 0.344. The highest BCUT2D eigenvalue weighted by Crippen LogP contribution is 2.29. The third kappa shape index (κ3) is 11.1. The summed E-state index contributed by atoms with van der Waals surface area (Å²) in [5, 5.41) is 17.2. The number of amides is 1. The van der Waals surface area contributed by atoms with E-state index in [0.29, 0.717) is 22.7 Å². The molecule has 2 atom stereocenters. The number of hydrogen-bond acceptors (Lipinski definition) is 6. The summed E-state index contributed by atoms with van der Waals surface area (Å²) >= 11 is 6.03. The van der Waals surface area contributed by atoms with Gasteiger partial charge in [-0.25, -0.2) is 0 Å². The molecular weight excluding hydrogens is 575 g/mol. The predicted molar refractivity (Wildman–Crippen MR) is 170 cm³/mol. The van der Waals surface area contributed by atoms with E-state index in [4.69, 9.17) is 32.7 Å². The minimum atomic E-state index is -0.972. The zero-order valence-electron chi connectivity index (χ0n) is 24.0. The molecule has 0 aliphatic carbocycles. The number of benzene rings is 3. The van der Waals surface area contributed by atoms with Crippen LogP contribution in [0.4, 0.5) is 0 Å². The van der Waals surface area contributed by atoms with Crippen molar-refractivity contribution in [3.8, 4) is 0 Å². The molecule has 10 heteroatoms. The number of aromatic nitrogens is 1. The molecule has 42 heavy (non-hydrogen) atoms. The molecule has 0 aliphatic heterocycles. The highest BCUT2D eigenvalue weighted by Gasteiger charge is 2.27. The summed E-state index contributed by atoms with van der Waals surface area (Å²) in [5.41, 5.74) is 14.2. The van der Waals surface area contributed by atoms with E-state index in [1.807, 2.05) is 54.6 Å². The van der Waals surface area contributed by atoms with Crippen LogP contribution in [0.25, 0.3) is 11.0 Å². The Bertz CT molecular complexity index is 1390. The Labute approximate surface area is 258 Å². The van der Waals surface area contributed by atoms with E-state index in [-0.39, 0.29) is 24.4 Å². The number of nitrogens with zero attached hydrogens (tertiary/aromatic N) is 1. The monoisotopic (exact) mass is 614 g/mol. The second-order valence-corrected chi connectivity index (χ2v) is 11.1. The average Bonchev–Trinajstić information content (AvgIpc) is 3.36. The number of nitrogens with one attached hydrogen (secondary N) is 1. The van der Waals surface area contributed by atoms with Crippen molar-refractivity contribution < 1.29 is 19.2 Å². The Kier molecular flexibility index (Phi) is 14.0. The first-order valence-corrected chi connectivity index (χ1v) is 14.1. The number of carboxylic acid groups (broad SMARTS) is 1. The molecule has 226 valence electrons. The number of fused-ring (bicyclic) bond motifs is 1. The van der Waals surface area contributed by atoms with Crippen LogP contribution < -0.4 is 16.8 Å². The van der Waals surface area contributed by atoms with E-state index in [1.165, 1.54) is 11.1 Å². The number of carbonyl (C=O) groups excluding carboxylic acids is 1. The molecule has 1 amide bonds. The SMILES string of the molecule is CC(C)(N)C(=O)NC(CCCc1ccccc1)c1noc2cc(Cl)ccc12.Cl.NC(CCCc1ccccc1)C(=O)O. The number of carboxylic acids is 1. The molecule has 0 saturated heterocycles. The van der Waals surface area contributed by atoms with E-state index in [9.17, 15) is 9.59 Å². The van der Waals surface area contributed by atoms with Crippen molar-refractivity contribution in [2.24, 2.45) is 11.5 Å².